The second kappa shape index (κ2) is 12.0. The van der Waals surface area contributed by atoms with Crippen molar-refractivity contribution < 1.29 is 14.7 Å². The fourth-order valence-electron chi connectivity index (χ4n) is 4.75. The van der Waals surface area contributed by atoms with Crippen LogP contribution in [-0.2, 0) is 16.1 Å². The number of aryl methyl sites for hydroxylation is 1. The number of benzene rings is 1. The first-order chi connectivity index (χ1) is 17.0. The summed E-state index contributed by atoms with van der Waals surface area (Å²) in [4.78, 5) is 30.7. The highest BCUT2D eigenvalue weighted by atomic mass is 32.2. The quantitative estimate of drug-likeness (QED) is 0.341. The van der Waals surface area contributed by atoms with Crippen LogP contribution < -0.4 is 4.72 Å². The summed E-state index contributed by atoms with van der Waals surface area (Å²) >= 11 is 1.46. The van der Waals surface area contributed by atoms with Gasteiger partial charge in [-0.2, -0.15) is 5.26 Å². The number of rotatable bonds is 11. The molecule has 1 aromatic carbocycles. The molecule has 9 heteroatoms. The van der Waals surface area contributed by atoms with Crippen LogP contribution in [0.4, 0.5) is 0 Å². The molecule has 2 unspecified atom stereocenters. The highest BCUT2D eigenvalue weighted by molar-refractivity contribution is 7.97. The first-order valence-corrected chi connectivity index (χ1v) is 12.9. The Bertz CT molecular complexity index is 1200. The third-order valence-electron chi connectivity index (χ3n) is 6.60. The molecule has 0 saturated carbocycles. The van der Waals surface area contributed by atoms with E-state index in [1.165, 1.54) is 11.9 Å². The van der Waals surface area contributed by atoms with Gasteiger partial charge in [-0.3, -0.25) is 9.59 Å². The van der Waals surface area contributed by atoms with Crippen molar-refractivity contribution in [1.82, 2.24) is 19.2 Å². The minimum Gasteiger partial charge on any atom is -0.481 e. The molecule has 1 aliphatic heterocycles. The summed E-state index contributed by atoms with van der Waals surface area (Å²) in [6, 6.07) is 13.5. The molecule has 35 heavy (non-hydrogen) atoms. The summed E-state index contributed by atoms with van der Waals surface area (Å²) in [6.07, 6.45) is 7.94. The van der Waals surface area contributed by atoms with Crippen LogP contribution in [0.1, 0.15) is 44.2 Å². The molecule has 184 valence electrons. The molecule has 2 aromatic heterocycles. The molecule has 0 spiro atoms. The van der Waals surface area contributed by atoms with Crippen molar-refractivity contribution in [2.75, 3.05) is 13.1 Å². The Labute approximate surface area is 209 Å². The molecule has 3 heterocycles. The standard InChI is InChI=1S/C26H31N5O3S/c27-17-20-7-4-14-30(20)16-12-23(29-35-24-9-2-8-22-21(24)11-13-28-22)26(34)31-15-3-6-19(18-31)5-1-10-25(32)33/h2,4,7-9,11,13-14,19,23,28-29H,1,3,5-6,10,12,15-16,18H2,(H,32,33). The van der Waals surface area contributed by atoms with E-state index in [1.54, 1.807) is 6.07 Å². The van der Waals surface area contributed by atoms with Crippen molar-refractivity contribution >= 4 is 34.7 Å². The van der Waals surface area contributed by atoms with E-state index in [9.17, 15) is 14.9 Å². The number of carbonyl (C=O) groups is 2. The predicted octanol–water partition coefficient (Wildman–Crippen LogP) is 4.39. The van der Waals surface area contributed by atoms with E-state index in [1.807, 2.05) is 52.2 Å². The van der Waals surface area contributed by atoms with Gasteiger partial charge >= 0.3 is 5.97 Å². The highest BCUT2D eigenvalue weighted by Crippen LogP contribution is 2.27. The number of fused-ring (bicyclic) bond motifs is 1. The molecule has 2 atom stereocenters. The second-order valence-corrected chi connectivity index (χ2v) is 9.91. The van der Waals surface area contributed by atoms with Crippen LogP contribution in [0.25, 0.3) is 10.9 Å². The molecular weight excluding hydrogens is 462 g/mol. The van der Waals surface area contributed by atoms with Crippen LogP contribution in [0.2, 0.25) is 0 Å². The van der Waals surface area contributed by atoms with Crippen LogP contribution >= 0.6 is 11.9 Å². The Hall–Kier alpha value is -3.22. The third-order valence-corrected chi connectivity index (χ3v) is 7.58. The molecule has 1 fully saturated rings. The van der Waals surface area contributed by atoms with Gasteiger partial charge in [-0.1, -0.05) is 6.07 Å². The minimum absolute atomic E-state index is 0.0624. The molecule has 0 bridgehead atoms. The number of hydrogen-bond donors (Lipinski definition) is 3. The van der Waals surface area contributed by atoms with E-state index in [4.69, 9.17) is 5.11 Å². The summed E-state index contributed by atoms with van der Waals surface area (Å²) in [5, 5.41) is 19.4. The monoisotopic (exact) mass is 493 g/mol. The lowest BCUT2D eigenvalue weighted by atomic mass is 9.92. The van der Waals surface area contributed by atoms with E-state index in [0.717, 1.165) is 41.6 Å². The van der Waals surface area contributed by atoms with Crippen LogP contribution in [-0.4, -0.2) is 50.6 Å². The van der Waals surface area contributed by atoms with Gasteiger partial charge in [-0.25, -0.2) is 4.72 Å². The average molecular weight is 494 g/mol. The first kappa shape index (κ1) is 24.9. The largest absolute Gasteiger partial charge is 0.481 e. The number of carbonyl (C=O) groups excluding carboxylic acids is 1. The summed E-state index contributed by atoms with van der Waals surface area (Å²) < 4.78 is 5.30. The number of amides is 1. The molecular formula is C26H31N5O3S. The van der Waals surface area contributed by atoms with Gasteiger partial charge in [0.15, 0.2) is 0 Å². The lowest BCUT2D eigenvalue weighted by molar-refractivity contribution is -0.138. The molecule has 0 radical (unpaired) electrons. The van der Waals surface area contributed by atoms with E-state index in [2.05, 4.69) is 15.8 Å². The van der Waals surface area contributed by atoms with Crippen LogP contribution in [0.15, 0.2) is 53.7 Å². The Kier molecular flexibility index (Phi) is 8.50. The van der Waals surface area contributed by atoms with Gasteiger partial charge in [-0.15, -0.1) is 0 Å². The Morgan fingerprint density at radius 3 is 3.00 bits per heavy atom. The number of carboxylic acid groups (broad SMARTS) is 1. The Morgan fingerprint density at radius 2 is 2.17 bits per heavy atom. The number of nitriles is 1. The summed E-state index contributed by atoms with van der Waals surface area (Å²) in [6.45, 7) is 1.95. The van der Waals surface area contributed by atoms with Crippen molar-refractivity contribution in [3.8, 4) is 6.07 Å². The smallest absolute Gasteiger partial charge is 0.303 e. The fourth-order valence-corrected chi connectivity index (χ4v) is 5.68. The zero-order valence-electron chi connectivity index (χ0n) is 19.7. The van der Waals surface area contributed by atoms with E-state index in [-0.39, 0.29) is 12.3 Å². The molecule has 0 aliphatic carbocycles. The number of aliphatic carboxylic acids is 1. The molecule has 3 N–H and O–H groups in total. The number of piperidine rings is 1. The van der Waals surface area contributed by atoms with Crippen molar-refractivity contribution in [1.29, 1.82) is 5.26 Å². The number of likely N-dealkylation sites (tertiary alicyclic amines) is 1. The van der Waals surface area contributed by atoms with E-state index >= 15 is 0 Å². The van der Waals surface area contributed by atoms with Crippen molar-refractivity contribution in [2.45, 2.75) is 56.0 Å². The Balaban J connectivity index is 1.44. The number of nitrogens with one attached hydrogen (secondary N) is 2. The lowest BCUT2D eigenvalue weighted by Gasteiger charge is -2.35. The summed E-state index contributed by atoms with van der Waals surface area (Å²) in [5.74, 6) is -0.370. The number of aromatic amines is 1. The number of nitrogens with zero attached hydrogens (tertiary/aromatic N) is 3. The summed E-state index contributed by atoms with van der Waals surface area (Å²) in [5.41, 5.74) is 1.63. The van der Waals surface area contributed by atoms with Gasteiger partial charge in [0.2, 0.25) is 5.91 Å². The van der Waals surface area contributed by atoms with Crippen LogP contribution in [0.3, 0.4) is 0 Å². The third kappa shape index (κ3) is 6.47. The molecule has 1 amide bonds. The van der Waals surface area contributed by atoms with Crippen LogP contribution in [0.5, 0.6) is 0 Å². The fraction of sp³-hybridized carbons (Fsp3) is 0.423. The molecule has 4 rings (SSSR count). The highest BCUT2D eigenvalue weighted by Gasteiger charge is 2.29. The van der Waals surface area contributed by atoms with Gasteiger partial charge in [0.1, 0.15) is 11.8 Å². The number of H-pyrrole nitrogens is 1. The molecule has 1 saturated heterocycles. The second-order valence-electron chi connectivity index (χ2n) is 9.03. The molecule has 1 aliphatic rings. The molecule has 8 nitrogen and oxygen atoms in total. The zero-order valence-corrected chi connectivity index (χ0v) is 20.5. The number of hydrogen-bond acceptors (Lipinski definition) is 5. The normalized spacial score (nSPS) is 16.8. The summed E-state index contributed by atoms with van der Waals surface area (Å²) in [7, 11) is 0. The number of aromatic nitrogens is 2. The van der Waals surface area contributed by atoms with Gasteiger partial charge in [-0.05, 0) is 80.3 Å². The first-order valence-electron chi connectivity index (χ1n) is 12.1. The lowest BCUT2D eigenvalue weighted by Crippen LogP contribution is -2.48. The van der Waals surface area contributed by atoms with Gasteiger partial charge in [0.05, 0.1) is 6.04 Å². The van der Waals surface area contributed by atoms with E-state index < -0.39 is 12.0 Å². The predicted molar refractivity (Wildman–Crippen MR) is 136 cm³/mol. The van der Waals surface area contributed by atoms with Gasteiger partial charge < -0.3 is 19.6 Å². The van der Waals surface area contributed by atoms with Crippen molar-refractivity contribution in [3.05, 3.63) is 54.5 Å². The maximum atomic E-state index is 13.7. The van der Waals surface area contributed by atoms with E-state index in [0.29, 0.717) is 37.5 Å². The Morgan fingerprint density at radius 1 is 1.29 bits per heavy atom. The van der Waals surface area contributed by atoms with Crippen LogP contribution in [0, 0.1) is 17.2 Å². The van der Waals surface area contributed by atoms with Crippen molar-refractivity contribution in [3.63, 3.8) is 0 Å². The zero-order chi connectivity index (χ0) is 24.6. The molecule has 3 aromatic rings. The minimum atomic E-state index is -0.769. The number of carboxylic acids is 1. The topological polar surface area (TPSA) is 114 Å². The SMILES string of the molecule is N#Cc1cccn1CCC(NSc1cccc2[nH]ccc12)C(=O)N1CCCC(CCCC(=O)O)C1. The maximum absolute atomic E-state index is 13.7. The van der Waals surface area contributed by atoms with Gasteiger partial charge in [0.25, 0.3) is 0 Å². The van der Waals surface area contributed by atoms with Gasteiger partial charge in [0, 0.05) is 54.2 Å². The average Bonchev–Trinajstić information content (AvgIpc) is 3.53. The van der Waals surface area contributed by atoms with Crippen molar-refractivity contribution in [2.24, 2.45) is 5.92 Å². The maximum Gasteiger partial charge on any atom is 0.303 e.